The summed E-state index contributed by atoms with van der Waals surface area (Å²) in [5.74, 6) is -1.66. The number of hydrogen-bond donors (Lipinski definition) is 4. The van der Waals surface area contributed by atoms with E-state index in [9.17, 15) is 23.2 Å². The second-order valence-corrected chi connectivity index (χ2v) is 10.5. The van der Waals surface area contributed by atoms with Crippen molar-refractivity contribution < 1.29 is 27.9 Å². The summed E-state index contributed by atoms with van der Waals surface area (Å²) in [7, 11) is 1.25. The summed E-state index contributed by atoms with van der Waals surface area (Å²) >= 11 is 5.87. The lowest BCUT2D eigenvalue weighted by atomic mass is 9.96. The van der Waals surface area contributed by atoms with Gasteiger partial charge in [0.05, 0.1) is 35.6 Å². The Labute approximate surface area is 239 Å². The van der Waals surface area contributed by atoms with Crippen molar-refractivity contribution in [1.29, 1.82) is 0 Å². The molecule has 0 saturated carbocycles. The summed E-state index contributed by atoms with van der Waals surface area (Å²) in [6.45, 7) is 2.04. The molecule has 0 aliphatic carbocycles. The number of aromatic amines is 1. The average molecular weight is 587 g/mol. The number of fused-ring (bicyclic) bond motifs is 4. The first-order valence-electron chi connectivity index (χ1n) is 13.2. The van der Waals surface area contributed by atoms with Gasteiger partial charge in [-0.15, -0.1) is 0 Å². The standard InChI is InChI=1S/C28H29ClF2N6O4/c1-14-4-3-5-22(37-11-10-19(36-27(37)39)23-18(30)9-8-17(29)24(23)31)25-32-13-21(34-25)16-7-6-15(33-28(40)41-2)12-20(16)35-26(14)38/h6-9,12-14,19,22H,3-5,10-11H2,1-2H3,(H,32,34)(H,33,40)(H,35,38)(H,36,39)/t14-,19+,22+/m1/s1. The van der Waals surface area contributed by atoms with E-state index in [4.69, 9.17) is 16.6 Å². The molecule has 2 aromatic carbocycles. The number of benzene rings is 2. The first kappa shape index (κ1) is 28.3. The van der Waals surface area contributed by atoms with E-state index in [0.29, 0.717) is 47.7 Å². The van der Waals surface area contributed by atoms with E-state index in [-0.39, 0.29) is 35.4 Å². The molecule has 0 radical (unpaired) electrons. The zero-order valence-corrected chi connectivity index (χ0v) is 23.1. The molecular weight excluding hydrogens is 558 g/mol. The molecule has 216 valence electrons. The van der Waals surface area contributed by atoms with Gasteiger partial charge >= 0.3 is 12.1 Å². The lowest BCUT2D eigenvalue weighted by Crippen LogP contribution is -2.50. The number of nitrogens with zero attached hydrogens (tertiary/aromatic N) is 2. The van der Waals surface area contributed by atoms with Crippen molar-refractivity contribution in [2.24, 2.45) is 5.92 Å². The van der Waals surface area contributed by atoms with Crippen molar-refractivity contribution in [2.75, 3.05) is 24.3 Å². The minimum Gasteiger partial charge on any atom is -0.453 e. The Balaban J connectivity index is 1.45. The molecule has 0 spiro atoms. The van der Waals surface area contributed by atoms with Crippen molar-refractivity contribution in [3.63, 3.8) is 0 Å². The second-order valence-electron chi connectivity index (χ2n) is 10.1. The van der Waals surface area contributed by atoms with Crippen LogP contribution in [0.5, 0.6) is 0 Å². The zero-order chi connectivity index (χ0) is 29.3. The SMILES string of the molecule is COC(=O)Nc1ccc2c(c1)NC(=O)[C@H](C)CCC[C@H](N1CC[C@@H](c3c(F)ccc(Cl)c3F)NC1=O)c1nc-2c[nH]1. The highest BCUT2D eigenvalue weighted by Gasteiger charge is 2.36. The number of carbonyl (C=O) groups is 3. The van der Waals surface area contributed by atoms with E-state index < -0.39 is 35.8 Å². The summed E-state index contributed by atoms with van der Waals surface area (Å²) in [6.07, 6.45) is 2.95. The molecule has 1 aromatic heterocycles. The predicted octanol–water partition coefficient (Wildman–Crippen LogP) is 6.14. The van der Waals surface area contributed by atoms with Crippen LogP contribution in [0.15, 0.2) is 36.5 Å². The summed E-state index contributed by atoms with van der Waals surface area (Å²) in [5.41, 5.74) is 1.75. The van der Waals surface area contributed by atoms with Gasteiger partial charge in [0.1, 0.15) is 17.5 Å². The van der Waals surface area contributed by atoms with Crippen LogP contribution in [0.2, 0.25) is 5.02 Å². The summed E-state index contributed by atoms with van der Waals surface area (Å²) in [5, 5.41) is 8.05. The number of anilines is 2. The Hall–Kier alpha value is -4.19. The Kier molecular flexibility index (Phi) is 8.11. The molecule has 1 fully saturated rings. The van der Waals surface area contributed by atoms with Crippen molar-refractivity contribution in [1.82, 2.24) is 20.2 Å². The van der Waals surface area contributed by atoms with E-state index in [1.807, 2.05) is 6.92 Å². The fourth-order valence-electron chi connectivity index (χ4n) is 5.26. The predicted molar refractivity (Wildman–Crippen MR) is 148 cm³/mol. The van der Waals surface area contributed by atoms with E-state index in [1.165, 1.54) is 7.11 Å². The van der Waals surface area contributed by atoms with Gasteiger partial charge in [-0.25, -0.2) is 23.4 Å². The Morgan fingerprint density at radius 2 is 1.98 bits per heavy atom. The molecule has 0 unspecified atom stereocenters. The number of carbonyl (C=O) groups excluding carboxylic acids is 3. The van der Waals surface area contributed by atoms with E-state index in [1.54, 1.807) is 29.3 Å². The maximum atomic E-state index is 14.7. The second kappa shape index (κ2) is 11.7. The Morgan fingerprint density at radius 1 is 1.17 bits per heavy atom. The normalized spacial score (nSPS) is 21.1. The maximum Gasteiger partial charge on any atom is 0.411 e. The molecule has 2 aliphatic rings. The van der Waals surface area contributed by atoms with Crippen molar-refractivity contribution in [3.05, 3.63) is 64.6 Å². The quantitative estimate of drug-likeness (QED) is 0.274. The van der Waals surface area contributed by atoms with Crippen molar-refractivity contribution in [3.8, 4) is 11.3 Å². The first-order chi connectivity index (χ1) is 19.7. The number of aromatic nitrogens is 2. The molecule has 5 rings (SSSR count). The van der Waals surface area contributed by atoms with Gasteiger partial charge in [-0.05, 0) is 49.6 Å². The molecular formula is C28H29ClF2N6O4. The first-order valence-corrected chi connectivity index (χ1v) is 13.6. The third-order valence-electron chi connectivity index (χ3n) is 7.48. The lowest BCUT2D eigenvalue weighted by Gasteiger charge is -2.38. The van der Waals surface area contributed by atoms with Gasteiger partial charge < -0.3 is 25.3 Å². The largest absolute Gasteiger partial charge is 0.453 e. The molecule has 2 aliphatic heterocycles. The molecule has 10 nitrogen and oxygen atoms in total. The molecule has 3 aromatic rings. The summed E-state index contributed by atoms with van der Waals surface area (Å²) in [6, 6.07) is 5.40. The number of urea groups is 1. The number of methoxy groups -OCH3 is 1. The van der Waals surface area contributed by atoms with Gasteiger partial charge in [-0.1, -0.05) is 24.9 Å². The number of H-pyrrole nitrogens is 1. The highest BCUT2D eigenvalue weighted by Crippen LogP contribution is 2.36. The van der Waals surface area contributed by atoms with Crippen LogP contribution in [0.3, 0.4) is 0 Å². The Bertz CT molecular complexity index is 1500. The number of imidazole rings is 1. The number of ether oxygens (including phenoxy) is 1. The van der Waals surface area contributed by atoms with E-state index >= 15 is 0 Å². The van der Waals surface area contributed by atoms with Crippen LogP contribution in [-0.4, -0.2) is 46.6 Å². The number of halogens is 3. The number of amides is 4. The van der Waals surface area contributed by atoms with Crippen LogP contribution in [0.1, 0.15) is 56.1 Å². The maximum absolute atomic E-state index is 14.7. The van der Waals surface area contributed by atoms with Crippen LogP contribution >= 0.6 is 11.6 Å². The Morgan fingerprint density at radius 3 is 2.73 bits per heavy atom. The van der Waals surface area contributed by atoms with Gasteiger partial charge in [-0.2, -0.15) is 0 Å². The molecule has 2 bridgehead atoms. The number of hydrogen-bond acceptors (Lipinski definition) is 5. The van der Waals surface area contributed by atoms with Crippen LogP contribution in [0, 0.1) is 17.6 Å². The molecule has 1 saturated heterocycles. The van der Waals surface area contributed by atoms with Gasteiger partial charge in [0, 0.05) is 35.5 Å². The molecule has 41 heavy (non-hydrogen) atoms. The van der Waals surface area contributed by atoms with Crippen LogP contribution < -0.4 is 16.0 Å². The smallest absolute Gasteiger partial charge is 0.411 e. The van der Waals surface area contributed by atoms with Gasteiger partial charge in [0.15, 0.2) is 0 Å². The zero-order valence-electron chi connectivity index (χ0n) is 22.4. The fourth-order valence-corrected chi connectivity index (χ4v) is 5.42. The summed E-state index contributed by atoms with van der Waals surface area (Å²) < 4.78 is 33.8. The fraction of sp³-hybridized carbons (Fsp3) is 0.357. The highest BCUT2D eigenvalue weighted by molar-refractivity contribution is 6.30. The van der Waals surface area contributed by atoms with Crippen LogP contribution in [0.25, 0.3) is 11.3 Å². The summed E-state index contributed by atoms with van der Waals surface area (Å²) in [4.78, 5) is 47.6. The molecule has 4 amide bonds. The van der Waals surface area contributed by atoms with E-state index in [2.05, 4.69) is 25.7 Å². The molecule has 4 N–H and O–H groups in total. The van der Waals surface area contributed by atoms with Gasteiger partial charge in [0.25, 0.3) is 0 Å². The third kappa shape index (κ3) is 5.83. The minimum atomic E-state index is -0.886. The van der Waals surface area contributed by atoms with Gasteiger partial charge in [-0.3, -0.25) is 10.1 Å². The average Bonchev–Trinajstić information content (AvgIpc) is 3.43. The van der Waals surface area contributed by atoms with Gasteiger partial charge in [0.2, 0.25) is 5.91 Å². The molecule has 3 atom stereocenters. The number of rotatable bonds is 3. The third-order valence-corrected chi connectivity index (χ3v) is 7.77. The topological polar surface area (TPSA) is 128 Å². The van der Waals surface area contributed by atoms with Crippen LogP contribution in [-0.2, 0) is 9.53 Å². The molecule has 13 heteroatoms. The van der Waals surface area contributed by atoms with Crippen molar-refractivity contribution >= 4 is 41.0 Å². The molecule has 3 heterocycles. The highest BCUT2D eigenvalue weighted by atomic mass is 35.5. The lowest BCUT2D eigenvalue weighted by molar-refractivity contribution is -0.119. The van der Waals surface area contributed by atoms with Crippen molar-refractivity contribution in [2.45, 2.75) is 44.7 Å². The van der Waals surface area contributed by atoms with Crippen LogP contribution in [0.4, 0.5) is 29.7 Å². The minimum absolute atomic E-state index is 0.196. The number of nitrogens with one attached hydrogen (secondary N) is 4. The van der Waals surface area contributed by atoms with E-state index in [0.717, 1.165) is 12.1 Å². The monoisotopic (exact) mass is 586 g/mol.